The number of fused-ring (bicyclic) bond motifs is 9. The Morgan fingerprint density at radius 1 is 0.297 bits per heavy atom. The van der Waals surface area contributed by atoms with Crippen LogP contribution in [-0.4, -0.2) is 17.2 Å². The van der Waals surface area contributed by atoms with Gasteiger partial charge in [0, 0.05) is 64.2 Å². The lowest BCUT2D eigenvalue weighted by Gasteiger charge is -2.34. The second-order valence-electron chi connectivity index (χ2n) is 16.8. The molecule has 64 heavy (non-hydrogen) atoms. The van der Waals surface area contributed by atoms with E-state index in [0.717, 1.165) is 11.4 Å². The minimum absolute atomic E-state index is 1.15. The number of hydrogen-bond donors (Lipinski definition) is 0. The van der Waals surface area contributed by atoms with Crippen LogP contribution in [0.25, 0.3) is 86.3 Å². The van der Waals surface area contributed by atoms with Crippen molar-refractivity contribution in [3.8, 4) is 22.5 Å². The monoisotopic (exact) mass is 848 g/mol. The van der Waals surface area contributed by atoms with Gasteiger partial charge in [-0.25, -0.2) is 0 Å². The molecule has 13 rings (SSSR count). The van der Waals surface area contributed by atoms with E-state index in [1.807, 2.05) is 11.3 Å². The summed E-state index contributed by atoms with van der Waals surface area (Å²) in [4.78, 5) is 0. The summed E-state index contributed by atoms with van der Waals surface area (Å²) in [6, 6.07) is 90.4. The topological polar surface area (TPSA) is 9.86 Å². The minimum Gasteiger partial charge on any atom is -0.309 e. The van der Waals surface area contributed by atoms with Crippen LogP contribution in [0.15, 0.2) is 243 Å². The molecule has 0 radical (unpaired) electrons. The molecule has 0 aliphatic carbocycles. The molecule has 0 fully saturated rings. The van der Waals surface area contributed by atoms with Crippen LogP contribution in [0, 0.1) is 0 Å². The Hall–Kier alpha value is -7.76. The predicted molar refractivity (Wildman–Crippen MR) is 277 cm³/mol. The standard InChI is InChI=1S/C60H40N2SSi/c1-4-20-43(21-5-1)64(44-22-6-2-7-23-44,45-24-8-3-9-25-45)46-26-16-19-41(39-46)61-55-34-13-11-28-48(55)54-40-42(37-38-57(54)61)62-56-35-14-10-27-47(56)50-30-17-31-51(59(50)62)53-33-18-32-52-49-29-12-15-36-58(49)63-60(52)53/h1-40H. The maximum Gasteiger partial charge on any atom is 0.179 e. The van der Waals surface area contributed by atoms with Gasteiger partial charge in [0.2, 0.25) is 0 Å². The lowest BCUT2D eigenvalue weighted by atomic mass is 10.00. The highest BCUT2D eigenvalue weighted by Gasteiger charge is 2.41. The van der Waals surface area contributed by atoms with E-state index in [1.54, 1.807) is 0 Å². The number of thiophene rings is 1. The molecule has 0 atom stereocenters. The quantitative estimate of drug-likeness (QED) is 0.112. The summed E-state index contributed by atoms with van der Waals surface area (Å²) in [5.41, 5.74) is 9.63. The van der Waals surface area contributed by atoms with E-state index in [-0.39, 0.29) is 0 Å². The Labute approximate surface area is 376 Å². The highest BCUT2D eigenvalue weighted by atomic mass is 32.1. The summed E-state index contributed by atoms with van der Waals surface area (Å²) in [6.07, 6.45) is 0. The van der Waals surface area contributed by atoms with Crippen molar-refractivity contribution in [3.63, 3.8) is 0 Å². The molecule has 0 spiro atoms. The Morgan fingerprint density at radius 2 is 0.781 bits per heavy atom. The fourth-order valence-electron chi connectivity index (χ4n) is 10.8. The number of benzene rings is 10. The molecule has 4 heteroatoms. The molecule has 3 heterocycles. The molecule has 3 aromatic heterocycles. The molecule has 0 aliphatic heterocycles. The molecule has 0 unspecified atom stereocenters. The molecule has 0 amide bonds. The van der Waals surface area contributed by atoms with Gasteiger partial charge < -0.3 is 9.13 Å². The van der Waals surface area contributed by atoms with Gasteiger partial charge in [-0.3, -0.25) is 0 Å². The summed E-state index contributed by atoms with van der Waals surface area (Å²) >= 11 is 1.89. The first-order valence-electron chi connectivity index (χ1n) is 22.0. The summed E-state index contributed by atoms with van der Waals surface area (Å²) < 4.78 is 7.64. The summed E-state index contributed by atoms with van der Waals surface area (Å²) in [7, 11) is -2.75. The van der Waals surface area contributed by atoms with Gasteiger partial charge in [-0.2, -0.15) is 0 Å². The number of aromatic nitrogens is 2. The van der Waals surface area contributed by atoms with Crippen molar-refractivity contribution >= 4 is 104 Å². The van der Waals surface area contributed by atoms with Gasteiger partial charge in [-0.15, -0.1) is 11.3 Å². The Morgan fingerprint density at radius 3 is 1.47 bits per heavy atom. The van der Waals surface area contributed by atoms with Gasteiger partial charge in [-0.05, 0) is 69.3 Å². The fourth-order valence-corrected chi connectivity index (χ4v) is 16.8. The van der Waals surface area contributed by atoms with E-state index >= 15 is 0 Å². The molecule has 10 aromatic carbocycles. The van der Waals surface area contributed by atoms with E-state index < -0.39 is 8.07 Å². The van der Waals surface area contributed by atoms with E-state index in [1.165, 1.54) is 95.7 Å². The second-order valence-corrected chi connectivity index (χ2v) is 21.6. The number of para-hydroxylation sites is 3. The largest absolute Gasteiger partial charge is 0.309 e. The van der Waals surface area contributed by atoms with Gasteiger partial charge in [0.05, 0.1) is 22.1 Å². The first-order chi connectivity index (χ1) is 31.8. The molecule has 0 N–H and O–H groups in total. The average molecular weight is 849 g/mol. The van der Waals surface area contributed by atoms with E-state index in [9.17, 15) is 0 Å². The molecule has 0 aliphatic rings. The van der Waals surface area contributed by atoms with Gasteiger partial charge in [0.15, 0.2) is 8.07 Å². The SMILES string of the molecule is c1ccc([Si](c2ccccc2)(c2ccccc2)c2cccc(-n3c4ccccc4c4cc(-n5c6ccccc6c6cccc(-c7cccc8c7sc7ccccc78)c65)ccc43)c2)cc1. The fraction of sp³-hybridized carbons (Fsp3) is 0. The van der Waals surface area contributed by atoms with Crippen molar-refractivity contribution in [1.29, 1.82) is 0 Å². The van der Waals surface area contributed by atoms with E-state index in [0.29, 0.717) is 0 Å². The van der Waals surface area contributed by atoms with Crippen molar-refractivity contribution in [2.24, 2.45) is 0 Å². The molecule has 13 aromatic rings. The van der Waals surface area contributed by atoms with Gasteiger partial charge in [-0.1, -0.05) is 194 Å². The third-order valence-corrected chi connectivity index (χ3v) is 19.5. The summed E-state index contributed by atoms with van der Waals surface area (Å²) in [5.74, 6) is 0. The Balaban J connectivity index is 1.05. The van der Waals surface area contributed by atoms with Gasteiger partial charge >= 0.3 is 0 Å². The van der Waals surface area contributed by atoms with Crippen LogP contribution in [0.5, 0.6) is 0 Å². The predicted octanol–water partition coefficient (Wildman–Crippen LogP) is 13.3. The van der Waals surface area contributed by atoms with Crippen LogP contribution >= 0.6 is 11.3 Å². The van der Waals surface area contributed by atoms with Crippen LogP contribution in [0.3, 0.4) is 0 Å². The lowest BCUT2D eigenvalue weighted by Crippen LogP contribution is -2.74. The molecule has 0 bridgehead atoms. The van der Waals surface area contributed by atoms with Gasteiger partial charge in [0.25, 0.3) is 0 Å². The lowest BCUT2D eigenvalue weighted by molar-refractivity contribution is 1.17. The van der Waals surface area contributed by atoms with Crippen molar-refractivity contribution in [1.82, 2.24) is 9.13 Å². The van der Waals surface area contributed by atoms with Crippen LogP contribution in [-0.2, 0) is 0 Å². The molecule has 300 valence electrons. The zero-order valence-corrected chi connectivity index (χ0v) is 36.7. The molecule has 2 nitrogen and oxygen atoms in total. The summed E-state index contributed by atoms with van der Waals surface area (Å²) in [6.45, 7) is 0. The van der Waals surface area contributed by atoms with Crippen molar-refractivity contribution in [3.05, 3.63) is 243 Å². The van der Waals surface area contributed by atoms with Crippen molar-refractivity contribution < 1.29 is 0 Å². The zero-order valence-electron chi connectivity index (χ0n) is 34.9. The number of hydrogen-bond acceptors (Lipinski definition) is 1. The normalized spacial score (nSPS) is 12.1. The zero-order chi connectivity index (χ0) is 42.2. The molecule has 0 saturated carbocycles. The minimum atomic E-state index is -2.75. The molecular formula is C60H40N2SSi. The number of rotatable bonds is 7. The number of nitrogens with zero attached hydrogens (tertiary/aromatic N) is 2. The van der Waals surface area contributed by atoms with Gasteiger partial charge in [0.1, 0.15) is 0 Å². The average Bonchev–Trinajstić information content (AvgIpc) is 4.03. The highest BCUT2D eigenvalue weighted by Crippen LogP contribution is 2.45. The third kappa shape index (κ3) is 5.43. The molecular weight excluding hydrogens is 809 g/mol. The van der Waals surface area contributed by atoms with Crippen LogP contribution in [0.4, 0.5) is 0 Å². The van der Waals surface area contributed by atoms with Crippen LogP contribution in [0.2, 0.25) is 0 Å². The highest BCUT2D eigenvalue weighted by molar-refractivity contribution is 7.26. The second kappa shape index (κ2) is 14.7. The van der Waals surface area contributed by atoms with Crippen molar-refractivity contribution in [2.45, 2.75) is 0 Å². The first-order valence-corrected chi connectivity index (χ1v) is 24.8. The van der Waals surface area contributed by atoms with Crippen molar-refractivity contribution in [2.75, 3.05) is 0 Å². The summed E-state index contributed by atoms with van der Waals surface area (Å²) in [5, 5.41) is 13.1. The van der Waals surface area contributed by atoms with E-state index in [4.69, 9.17) is 0 Å². The molecule has 0 saturated heterocycles. The van der Waals surface area contributed by atoms with E-state index in [2.05, 4.69) is 252 Å². The third-order valence-electron chi connectivity index (χ3n) is 13.5. The maximum absolute atomic E-state index is 2.75. The Bertz CT molecular complexity index is 3800. The van der Waals surface area contributed by atoms with Crippen LogP contribution in [0.1, 0.15) is 0 Å². The van der Waals surface area contributed by atoms with Crippen LogP contribution < -0.4 is 20.7 Å². The maximum atomic E-state index is 2.51. The smallest absolute Gasteiger partial charge is 0.179 e. The first kappa shape index (κ1) is 36.9. The Kier molecular flexibility index (Phi) is 8.45.